The van der Waals surface area contributed by atoms with Crippen LogP contribution in [0.5, 0.6) is 5.75 Å². The van der Waals surface area contributed by atoms with Crippen LogP contribution in [0.1, 0.15) is 5.56 Å². The van der Waals surface area contributed by atoms with Gasteiger partial charge in [0, 0.05) is 7.05 Å². The monoisotopic (exact) mass is 274 g/mol. The lowest BCUT2D eigenvalue weighted by molar-refractivity contribution is -0.121. The van der Waals surface area contributed by atoms with E-state index in [0.29, 0.717) is 10.7 Å². The second-order valence-corrected chi connectivity index (χ2v) is 4.75. The van der Waals surface area contributed by atoms with E-state index in [1.54, 1.807) is 30.3 Å². The van der Waals surface area contributed by atoms with Gasteiger partial charge in [-0.25, -0.2) is 0 Å². The molecule has 0 spiro atoms. The molecule has 1 aliphatic heterocycles. The van der Waals surface area contributed by atoms with Crippen LogP contribution in [0.3, 0.4) is 0 Å². The number of likely N-dealkylation sites (N-methyl/N-ethyl adjacent to an activating group) is 1. The molecule has 5 nitrogen and oxygen atoms in total. The molecule has 0 aliphatic carbocycles. The zero-order valence-corrected chi connectivity index (χ0v) is 10.9. The molecule has 0 aromatic heterocycles. The van der Waals surface area contributed by atoms with E-state index in [2.05, 4.69) is 0 Å². The minimum absolute atomic E-state index is 0.00588. The van der Waals surface area contributed by atoms with Crippen LogP contribution in [0, 0.1) is 11.3 Å². The van der Waals surface area contributed by atoms with Gasteiger partial charge in [0.2, 0.25) is 0 Å². The van der Waals surface area contributed by atoms with E-state index in [4.69, 9.17) is 10.00 Å². The minimum atomic E-state index is -0.292. The van der Waals surface area contributed by atoms with E-state index < -0.39 is 0 Å². The van der Waals surface area contributed by atoms with Gasteiger partial charge in [-0.15, -0.1) is 0 Å². The SMILES string of the molecule is CN1C(=O)S/C(=C\c2ccc(OCC#N)cc2)C1=O. The van der Waals surface area contributed by atoms with E-state index in [1.165, 1.54) is 7.05 Å². The van der Waals surface area contributed by atoms with E-state index >= 15 is 0 Å². The van der Waals surface area contributed by atoms with Crippen LogP contribution in [0.4, 0.5) is 4.79 Å². The molecular formula is C13H10N2O3S. The van der Waals surface area contributed by atoms with Crippen LogP contribution in [0.2, 0.25) is 0 Å². The van der Waals surface area contributed by atoms with Crippen LogP contribution < -0.4 is 4.74 Å². The Morgan fingerprint density at radius 1 is 1.37 bits per heavy atom. The second-order valence-electron chi connectivity index (χ2n) is 3.76. The summed E-state index contributed by atoms with van der Waals surface area (Å²) in [6.45, 7) is -0.00588. The molecule has 0 saturated carbocycles. The number of benzene rings is 1. The summed E-state index contributed by atoms with van der Waals surface area (Å²) in [5.74, 6) is 0.294. The lowest BCUT2D eigenvalue weighted by atomic mass is 10.2. The zero-order chi connectivity index (χ0) is 13.8. The van der Waals surface area contributed by atoms with Crippen LogP contribution >= 0.6 is 11.8 Å². The van der Waals surface area contributed by atoms with Crippen molar-refractivity contribution in [3.05, 3.63) is 34.7 Å². The van der Waals surface area contributed by atoms with Gasteiger partial charge in [0.15, 0.2) is 6.61 Å². The van der Waals surface area contributed by atoms with Gasteiger partial charge in [0.05, 0.1) is 4.91 Å². The van der Waals surface area contributed by atoms with E-state index in [-0.39, 0.29) is 17.8 Å². The van der Waals surface area contributed by atoms with Crippen molar-refractivity contribution in [2.24, 2.45) is 0 Å². The Labute approximate surface area is 114 Å². The Hall–Kier alpha value is -2.26. The number of carbonyl (C=O) groups excluding carboxylic acids is 2. The maximum absolute atomic E-state index is 11.7. The number of imide groups is 1. The zero-order valence-electron chi connectivity index (χ0n) is 10.1. The highest BCUT2D eigenvalue weighted by Crippen LogP contribution is 2.31. The largest absolute Gasteiger partial charge is 0.479 e. The van der Waals surface area contributed by atoms with Crippen LogP contribution in [0.25, 0.3) is 6.08 Å². The molecule has 6 heteroatoms. The number of hydrogen-bond donors (Lipinski definition) is 0. The normalized spacial score (nSPS) is 16.8. The molecule has 0 N–H and O–H groups in total. The van der Waals surface area contributed by atoms with Gasteiger partial charge in [-0.1, -0.05) is 12.1 Å². The maximum atomic E-state index is 11.7. The van der Waals surface area contributed by atoms with Crippen LogP contribution in [-0.2, 0) is 4.79 Å². The molecule has 0 bridgehead atoms. The van der Waals surface area contributed by atoms with Gasteiger partial charge >= 0.3 is 0 Å². The van der Waals surface area contributed by atoms with Gasteiger partial charge in [-0.2, -0.15) is 5.26 Å². The molecule has 1 aromatic rings. The van der Waals surface area contributed by atoms with Crippen molar-refractivity contribution >= 4 is 29.0 Å². The average molecular weight is 274 g/mol. The van der Waals surface area contributed by atoms with E-state index in [1.807, 2.05) is 6.07 Å². The fourth-order valence-corrected chi connectivity index (χ4v) is 2.30. The molecular weight excluding hydrogens is 264 g/mol. The van der Waals surface area contributed by atoms with Crippen molar-refractivity contribution in [1.29, 1.82) is 5.26 Å². The Balaban J connectivity index is 2.14. The Bertz CT molecular complexity index is 587. The molecule has 0 unspecified atom stereocenters. The summed E-state index contributed by atoms with van der Waals surface area (Å²) in [5, 5.41) is 8.12. The van der Waals surface area contributed by atoms with Gasteiger partial charge < -0.3 is 4.74 Å². The summed E-state index contributed by atoms with van der Waals surface area (Å²) >= 11 is 0.919. The van der Waals surface area contributed by atoms with Crippen molar-refractivity contribution in [2.45, 2.75) is 0 Å². The molecule has 1 saturated heterocycles. The van der Waals surface area contributed by atoms with E-state index in [0.717, 1.165) is 22.2 Å². The van der Waals surface area contributed by atoms with Crippen molar-refractivity contribution in [2.75, 3.05) is 13.7 Å². The number of carbonyl (C=O) groups is 2. The molecule has 1 aliphatic rings. The summed E-state index contributed by atoms with van der Waals surface area (Å²) in [6.07, 6.45) is 1.66. The summed E-state index contributed by atoms with van der Waals surface area (Å²) in [5.41, 5.74) is 0.795. The molecule has 96 valence electrons. The molecule has 1 heterocycles. The van der Waals surface area contributed by atoms with Crippen LogP contribution in [0.15, 0.2) is 29.2 Å². The van der Waals surface area contributed by atoms with Gasteiger partial charge in [-0.3, -0.25) is 14.5 Å². The number of ether oxygens (including phenoxy) is 1. The summed E-state index contributed by atoms with van der Waals surface area (Å²) in [6, 6.07) is 8.82. The number of amides is 2. The van der Waals surface area contributed by atoms with E-state index in [9.17, 15) is 9.59 Å². The van der Waals surface area contributed by atoms with Gasteiger partial charge in [0.25, 0.3) is 11.1 Å². The lowest BCUT2D eigenvalue weighted by Gasteiger charge is -2.02. The molecule has 0 radical (unpaired) electrons. The fourth-order valence-electron chi connectivity index (χ4n) is 1.47. The molecule has 1 fully saturated rings. The smallest absolute Gasteiger partial charge is 0.293 e. The number of rotatable bonds is 3. The topological polar surface area (TPSA) is 70.4 Å². The molecule has 19 heavy (non-hydrogen) atoms. The molecule has 2 amide bonds. The summed E-state index contributed by atoms with van der Waals surface area (Å²) < 4.78 is 5.12. The molecule has 0 atom stereocenters. The number of thioether (sulfide) groups is 1. The van der Waals surface area contributed by atoms with Crippen molar-refractivity contribution in [3.63, 3.8) is 0 Å². The van der Waals surface area contributed by atoms with Crippen molar-refractivity contribution < 1.29 is 14.3 Å². The van der Waals surface area contributed by atoms with Crippen molar-refractivity contribution in [1.82, 2.24) is 4.90 Å². The Morgan fingerprint density at radius 2 is 2.05 bits per heavy atom. The van der Waals surface area contributed by atoms with Crippen molar-refractivity contribution in [3.8, 4) is 11.8 Å². The lowest BCUT2D eigenvalue weighted by Crippen LogP contribution is -2.22. The number of nitrogens with zero attached hydrogens (tertiary/aromatic N) is 2. The first-order chi connectivity index (χ1) is 9.11. The highest BCUT2D eigenvalue weighted by atomic mass is 32.2. The number of hydrogen-bond acceptors (Lipinski definition) is 5. The fraction of sp³-hybridized carbons (Fsp3) is 0.154. The molecule has 2 rings (SSSR count). The third-order valence-corrected chi connectivity index (χ3v) is 3.43. The summed E-state index contributed by atoms with van der Waals surface area (Å²) in [4.78, 5) is 24.5. The first-order valence-corrected chi connectivity index (χ1v) is 6.25. The first kappa shape index (κ1) is 13.2. The minimum Gasteiger partial charge on any atom is -0.479 e. The third-order valence-electron chi connectivity index (χ3n) is 2.47. The quantitative estimate of drug-likeness (QED) is 0.791. The maximum Gasteiger partial charge on any atom is 0.293 e. The Kier molecular flexibility index (Phi) is 3.88. The highest BCUT2D eigenvalue weighted by molar-refractivity contribution is 8.18. The predicted octanol–water partition coefficient (Wildman–Crippen LogP) is 2.26. The second kappa shape index (κ2) is 5.59. The standard InChI is InChI=1S/C13H10N2O3S/c1-15-12(16)11(19-13(15)17)8-9-2-4-10(5-3-9)18-7-6-14/h2-5,8H,7H2,1H3/b11-8-. The van der Waals surface area contributed by atoms with Gasteiger partial charge in [0.1, 0.15) is 11.8 Å². The first-order valence-electron chi connectivity index (χ1n) is 5.43. The third kappa shape index (κ3) is 2.95. The van der Waals surface area contributed by atoms with Gasteiger partial charge in [-0.05, 0) is 35.5 Å². The predicted molar refractivity (Wildman–Crippen MR) is 71.3 cm³/mol. The molecule has 1 aromatic carbocycles. The highest BCUT2D eigenvalue weighted by Gasteiger charge is 2.31. The average Bonchev–Trinajstić information content (AvgIpc) is 2.66. The number of nitriles is 1. The van der Waals surface area contributed by atoms with Crippen LogP contribution in [-0.4, -0.2) is 29.7 Å². The summed E-state index contributed by atoms with van der Waals surface area (Å²) in [7, 11) is 1.46. The Morgan fingerprint density at radius 3 is 2.58 bits per heavy atom.